The lowest BCUT2D eigenvalue weighted by atomic mass is 10.1. The molecule has 1 aromatic rings. The minimum atomic E-state index is 0. The van der Waals surface area contributed by atoms with Crippen LogP contribution in [0.25, 0.3) is 0 Å². The smallest absolute Gasteiger partial charge is 0.0544 e. The van der Waals surface area contributed by atoms with Crippen LogP contribution >= 0.6 is 12.4 Å². The van der Waals surface area contributed by atoms with Crippen LogP contribution in [-0.2, 0) is 6.54 Å². The summed E-state index contributed by atoms with van der Waals surface area (Å²) in [4.78, 5) is 6.86. The Hall–Kier alpha value is -0.640. The van der Waals surface area contributed by atoms with Gasteiger partial charge in [-0.1, -0.05) is 6.07 Å². The van der Waals surface area contributed by atoms with Gasteiger partial charge in [-0.15, -0.1) is 12.4 Å². The average molecular weight is 242 g/mol. The lowest BCUT2D eigenvalue weighted by Crippen LogP contribution is -2.54. The minimum absolute atomic E-state index is 0. The maximum Gasteiger partial charge on any atom is 0.0544 e. The number of halogens is 1. The number of hydrogen-bond donors (Lipinski definition) is 1. The summed E-state index contributed by atoms with van der Waals surface area (Å²) in [5, 5.41) is 3.49. The highest BCUT2D eigenvalue weighted by atomic mass is 35.5. The second-order valence-electron chi connectivity index (χ2n) is 4.27. The van der Waals surface area contributed by atoms with E-state index in [4.69, 9.17) is 0 Å². The van der Waals surface area contributed by atoms with E-state index in [1.165, 1.54) is 5.69 Å². The van der Waals surface area contributed by atoms with Crippen molar-refractivity contribution in [3.8, 4) is 0 Å². The van der Waals surface area contributed by atoms with Crippen molar-refractivity contribution < 1.29 is 0 Å². The van der Waals surface area contributed by atoms with Gasteiger partial charge >= 0.3 is 0 Å². The summed E-state index contributed by atoms with van der Waals surface area (Å²) in [5.74, 6) is 0. The van der Waals surface area contributed by atoms with E-state index in [0.29, 0.717) is 12.1 Å². The SMILES string of the molecule is CC1NCCN(Cc2ccccn2)C1C.Cl. The number of pyridine rings is 1. The summed E-state index contributed by atoms with van der Waals surface area (Å²) in [6.45, 7) is 7.68. The Morgan fingerprint density at radius 1 is 1.44 bits per heavy atom. The predicted molar refractivity (Wildman–Crippen MR) is 68.8 cm³/mol. The van der Waals surface area contributed by atoms with Crippen molar-refractivity contribution in [2.45, 2.75) is 32.5 Å². The van der Waals surface area contributed by atoms with Crippen LogP contribution in [0.4, 0.5) is 0 Å². The van der Waals surface area contributed by atoms with Crippen molar-refractivity contribution >= 4 is 12.4 Å². The third-order valence-electron chi connectivity index (χ3n) is 3.26. The normalized spacial score (nSPS) is 26.1. The highest BCUT2D eigenvalue weighted by Crippen LogP contribution is 2.11. The predicted octanol–water partition coefficient (Wildman–Crippen LogP) is 1.69. The van der Waals surface area contributed by atoms with Gasteiger partial charge in [0, 0.05) is 37.9 Å². The first-order valence-electron chi connectivity index (χ1n) is 5.64. The Kier molecular flexibility index (Phi) is 5.19. The van der Waals surface area contributed by atoms with Gasteiger partial charge in [0.2, 0.25) is 0 Å². The van der Waals surface area contributed by atoms with Crippen LogP contribution in [0.5, 0.6) is 0 Å². The summed E-state index contributed by atoms with van der Waals surface area (Å²) in [7, 11) is 0. The molecule has 0 spiro atoms. The van der Waals surface area contributed by atoms with Gasteiger partial charge in [0.05, 0.1) is 5.69 Å². The molecule has 1 aromatic heterocycles. The molecule has 0 saturated carbocycles. The number of rotatable bonds is 2. The summed E-state index contributed by atoms with van der Waals surface area (Å²) in [6, 6.07) is 7.27. The third-order valence-corrected chi connectivity index (χ3v) is 3.26. The van der Waals surface area contributed by atoms with E-state index >= 15 is 0 Å². The highest BCUT2D eigenvalue weighted by molar-refractivity contribution is 5.85. The fourth-order valence-electron chi connectivity index (χ4n) is 2.05. The first kappa shape index (κ1) is 13.4. The molecule has 0 radical (unpaired) electrons. The molecule has 1 aliphatic heterocycles. The number of piperazine rings is 1. The van der Waals surface area contributed by atoms with Crippen LogP contribution < -0.4 is 5.32 Å². The van der Waals surface area contributed by atoms with Crippen LogP contribution in [0.15, 0.2) is 24.4 Å². The maximum absolute atomic E-state index is 4.37. The summed E-state index contributed by atoms with van der Waals surface area (Å²) < 4.78 is 0. The summed E-state index contributed by atoms with van der Waals surface area (Å²) in [6.07, 6.45) is 1.87. The van der Waals surface area contributed by atoms with Gasteiger partial charge in [0.25, 0.3) is 0 Å². The number of hydrogen-bond acceptors (Lipinski definition) is 3. The van der Waals surface area contributed by atoms with Crippen LogP contribution in [-0.4, -0.2) is 35.1 Å². The second kappa shape index (κ2) is 6.18. The van der Waals surface area contributed by atoms with Crippen LogP contribution in [0.1, 0.15) is 19.5 Å². The number of nitrogens with one attached hydrogen (secondary N) is 1. The van der Waals surface area contributed by atoms with Crippen molar-refractivity contribution in [3.05, 3.63) is 30.1 Å². The van der Waals surface area contributed by atoms with E-state index in [9.17, 15) is 0 Å². The van der Waals surface area contributed by atoms with Gasteiger partial charge in [0.15, 0.2) is 0 Å². The van der Waals surface area contributed by atoms with Gasteiger partial charge in [-0.3, -0.25) is 9.88 Å². The molecule has 0 bridgehead atoms. The molecular weight excluding hydrogens is 222 g/mol. The zero-order valence-corrected chi connectivity index (χ0v) is 10.7. The lowest BCUT2D eigenvalue weighted by Gasteiger charge is -2.38. The molecule has 1 fully saturated rings. The molecule has 2 unspecified atom stereocenters. The molecule has 1 aliphatic rings. The van der Waals surface area contributed by atoms with Crippen molar-refractivity contribution in [3.63, 3.8) is 0 Å². The molecule has 0 aliphatic carbocycles. The van der Waals surface area contributed by atoms with E-state index in [0.717, 1.165) is 19.6 Å². The molecule has 16 heavy (non-hydrogen) atoms. The largest absolute Gasteiger partial charge is 0.311 e. The number of aromatic nitrogens is 1. The van der Waals surface area contributed by atoms with Gasteiger partial charge in [-0.2, -0.15) is 0 Å². The van der Waals surface area contributed by atoms with Crippen molar-refractivity contribution in [2.75, 3.05) is 13.1 Å². The molecule has 1 saturated heterocycles. The van der Waals surface area contributed by atoms with Gasteiger partial charge < -0.3 is 5.32 Å². The molecular formula is C12H20ClN3. The average Bonchev–Trinajstić information content (AvgIpc) is 2.26. The highest BCUT2D eigenvalue weighted by Gasteiger charge is 2.23. The van der Waals surface area contributed by atoms with Gasteiger partial charge in [0.1, 0.15) is 0 Å². The molecule has 4 heteroatoms. The zero-order chi connectivity index (χ0) is 10.7. The summed E-state index contributed by atoms with van der Waals surface area (Å²) in [5.41, 5.74) is 1.17. The zero-order valence-electron chi connectivity index (χ0n) is 9.89. The van der Waals surface area contributed by atoms with Crippen molar-refractivity contribution in [1.82, 2.24) is 15.2 Å². The maximum atomic E-state index is 4.37. The topological polar surface area (TPSA) is 28.2 Å². The fourth-order valence-corrected chi connectivity index (χ4v) is 2.05. The Bertz CT molecular complexity index is 304. The third kappa shape index (κ3) is 3.17. The van der Waals surface area contributed by atoms with Crippen LogP contribution in [0, 0.1) is 0 Å². The second-order valence-corrected chi connectivity index (χ2v) is 4.27. The van der Waals surface area contributed by atoms with E-state index < -0.39 is 0 Å². The van der Waals surface area contributed by atoms with E-state index in [-0.39, 0.29) is 12.4 Å². The van der Waals surface area contributed by atoms with Crippen molar-refractivity contribution in [1.29, 1.82) is 0 Å². The van der Waals surface area contributed by atoms with E-state index in [1.807, 2.05) is 12.3 Å². The van der Waals surface area contributed by atoms with E-state index in [1.54, 1.807) is 0 Å². The van der Waals surface area contributed by atoms with Crippen LogP contribution in [0.3, 0.4) is 0 Å². The Morgan fingerprint density at radius 2 is 2.25 bits per heavy atom. The molecule has 2 heterocycles. The lowest BCUT2D eigenvalue weighted by molar-refractivity contribution is 0.129. The quantitative estimate of drug-likeness (QED) is 0.854. The molecule has 1 N–H and O–H groups in total. The Morgan fingerprint density at radius 3 is 2.94 bits per heavy atom. The number of nitrogens with zero attached hydrogens (tertiary/aromatic N) is 2. The first-order chi connectivity index (χ1) is 7.27. The fraction of sp³-hybridized carbons (Fsp3) is 0.583. The Labute approximate surface area is 104 Å². The van der Waals surface area contributed by atoms with E-state index in [2.05, 4.69) is 41.2 Å². The van der Waals surface area contributed by atoms with Crippen LogP contribution in [0.2, 0.25) is 0 Å². The summed E-state index contributed by atoms with van der Waals surface area (Å²) >= 11 is 0. The standard InChI is InChI=1S/C12H19N3.ClH/c1-10-11(2)15(8-7-13-10)9-12-5-3-4-6-14-12;/h3-6,10-11,13H,7-9H2,1-2H3;1H. The molecule has 0 amide bonds. The molecule has 90 valence electrons. The van der Waals surface area contributed by atoms with Gasteiger partial charge in [-0.25, -0.2) is 0 Å². The Balaban J connectivity index is 0.00000128. The molecule has 0 aromatic carbocycles. The first-order valence-corrected chi connectivity index (χ1v) is 5.64. The molecule has 2 atom stereocenters. The molecule has 3 nitrogen and oxygen atoms in total. The molecule has 2 rings (SSSR count). The van der Waals surface area contributed by atoms with Crippen molar-refractivity contribution in [2.24, 2.45) is 0 Å². The minimum Gasteiger partial charge on any atom is -0.311 e. The van der Waals surface area contributed by atoms with Gasteiger partial charge in [-0.05, 0) is 26.0 Å². The monoisotopic (exact) mass is 241 g/mol.